The van der Waals surface area contributed by atoms with Gasteiger partial charge in [0.15, 0.2) is 0 Å². The highest BCUT2D eigenvalue weighted by Crippen LogP contribution is 2.24. The monoisotopic (exact) mass is 640 g/mol. The Hall–Kier alpha value is -1.08. The highest BCUT2D eigenvalue weighted by Gasteiger charge is 2.09. The number of hydrogen-bond acceptors (Lipinski definition) is 1. The molecule has 0 N–H and O–H groups in total. The number of rotatable bonds is 37. The van der Waals surface area contributed by atoms with E-state index < -0.39 is 0 Å². The van der Waals surface area contributed by atoms with Crippen molar-refractivity contribution in [3.8, 4) is 0 Å². The standard InChI is InChI=1S/C45H85N/c1-5-7-9-11-13-15-17-19-21-23-25-27-29-31-33-35-38-42-45(43-39-36-40-44-46(3)4)41-37-34-32-30-28-26-24-22-20-18-16-14-12-10-8-6-2/h13-16,19-22,45H,5-12,17-18,23-44H2,1-4H3/b15-13-,16-14-,21-19-,22-20-. The Kier molecular flexibility index (Phi) is 39.2. The van der Waals surface area contributed by atoms with Gasteiger partial charge in [0, 0.05) is 0 Å². The Labute approximate surface area is 292 Å². The van der Waals surface area contributed by atoms with E-state index >= 15 is 0 Å². The summed E-state index contributed by atoms with van der Waals surface area (Å²) in [5.74, 6) is 0.989. The van der Waals surface area contributed by atoms with Gasteiger partial charge in [-0.05, 0) is 97.2 Å². The average molecular weight is 640 g/mol. The fourth-order valence-electron chi connectivity index (χ4n) is 6.49. The molecule has 0 aromatic carbocycles. The van der Waals surface area contributed by atoms with Crippen LogP contribution in [-0.2, 0) is 0 Å². The van der Waals surface area contributed by atoms with Gasteiger partial charge in [0.25, 0.3) is 0 Å². The topological polar surface area (TPSA) is 3.24 Å². The van der Waals surface area contributed by atoms with Gasteiger partial charge in [-0.1, -0.05) is 191 Å². The van der Waals surface area contributed by atoms with Crippen LogP contribution in [0.25, 0.3) is 0 Å². The first kappa shape index (κ1) is 44.9. The van der Waals surface area contributed by atoms with E-state index in [0.717, 1.165) is 18.8 Å². The zero-order valence-corrected chi connectivity index (χ0v) is 32.3. The molecular weight excluding hydrogens is 555 g/mol. The molecule has 0 rings (SSSR count). The van der Waals surface area contributed by atoms with Gasteiger partial charge in [0.2, 0.25) is 0 Å². The van der Waals surface area contributed by atoms with Gasteiger partial charge in [-0.15, -0.1) is 0 Å². The second-order valence-electron chi connectivity index (χ2n) is 14.6. The van der Waals surface area contributed by atoms with Crippen LogP contribution in [0.15, 0.2) is 48.6 Å². The van der Waals surface area contributed by atoms with Crippen LogP contribution in [0.1, 0.15) is 213 Å². The second-order valence-corrected chi connectivity index (χ2v) is 14.6. The Balaban J connectivity index is 3.87. The first-order valence-electron chi connectivity index (χ1n) is 20.9. The molecule has 0 radical (unpaired) electrons. The van der Waals surface area contributed by atoms with Crippen molar-refractivity contribution in [1.29, 1.82) is 0 Å². The lowest BCUT2D eigenvalue weighted by atomic mass is 9.89. The predicted molar refractivity (Wildman–Crippen MR) is 213 cm³/mol. The fraction of sp³-hybridized carbons (Fsp3) is 0.822. The molecule has 0 amide bonds. The van der Waals surface area contributed by atoms with Crippen LogP contribution in [0.4, 0.5) is 0 Å². The first-order chi connectivity index (χ1) is 22.7. The summed E-state index contributed by atoms with van der Waals surface area (Å²) in [4.78, 5) is 2.34. The van der Waals surface area contributed by atoms with Gasteiger partial charge < -0.3 is 4.90 Å². The lowest BCUT2D eigenvalue weighted by molar-refractivity contribution is 0.352. The zero-order valence-electron chi connectivity index (χ0n) is 32.3. The molecule has 0 aromatic rings. The van der Waals surface area contributed by atoms with Gasteiger partial charge in [-0.2, -0.15) is 0 Å². The molecule has 0 aromatic heterocycles. The number of unbranched alkanes of at least 4 members (excludes halogenated alkanes) is 21. The van der Waals surface area contributed by atoms with Crippen LogP contribution in [0, 0.1) is 5.92 Å². The summed E-state index contributed by atoms with van der Waals surface area (Å²) in [5.41, 5.74) is 0. The zero-order chi connectivity index (χ0) is 33.4. The lowest BCUT2D eigenvalue weighted by Gasteiger charge is -2.17. The molecule has 0 fully saturated rings. The molecule has 1 atom stereocenters. The van der Waals surface area contributed by atoms with E-state index in [1.165, 1.54) is 193 Å². The maximum absolute atomic E-state index is 2.41. The summed E-state index contributed by atoms with van der Waals surface area (Å²) in [5, 5.41) is 0. The third-order valence-electron chi connectivity index (χ3n) is 9.59. The third-order valence-corrected chi connectivity index (χ3v) is 9.59. The average Bonchev–Trinajstić information content (AvgIpc) is 3.05. The van der Waals surface area contributed by atoms with Crippen LogP contribution in [0.5, 0.6) is 0 Å². The largest absolute Gasteiger partial charge is 0.309 e. The van der Waals surface area contributed by atoms with E-state index in [1.807, 2.05) is 0 Å². The van der Waals surface area contributed by atoms with Crippen molar-refractivity contribution in [3.63, 3.8) is 0 Å². The lowest BCUT2D eigenvalue weighted by Crippen LogP contribution is -2.12. The van der Waals surface area contributed by atoms with Crippen molar-refractivity contribution in [2.75, 3.05) is 20.6 Å². The molecule has 0 heterocycles. The van der Waals surface area contributed by atoms with E-state index in [4.69, 9.17) is 0 Å². The maximum atomic E-state index is 2.41. The molecule has 0 bridgehead atoms. The smallest absolute Gasteiger partial charge is 0.00248 e. The molecule has 0 aliphatic carbocycles. The number of allylic oxidation sites excluding steroid dienone is 8. The first-order valence-corrected chi connectivity index (χ1v) is 20.9. The van der Waals surface area contributed by atoms with Crippen molar-refractivity contribution in [2.24, 2.45) is 5.92 Å². The van der Waals surface area contributed by atoms with Gasteiger partial charge in [0.1, 0.15) is 0 Å². The van der Waals surface area contributed by atoms with Gasteiger partial charge >= 0.3 is 0 Å². The van der Waals surface area contributed by atoms with Crippen molar-refractivity contribution in [3.05, 3.63) is 48.6 Å². The Morgan fingerprint density at radius 2 is 0.652 bits per heavy atom. The molecule has 1 heteroatoms. The maximum Gasteiger partial charge on any atom is -0.00248 e. The molecule has 46 heavy (non-hydrogen) atoms. The van der Waals surface area contributed by atoms with E-state index in [9.17, 15) is 0 Å². The van der Waals surface area contributed by atoms with Crippen molar-refractivity contribution in [1.82, 2.24) is 4.90 Å². The summed E-state index contributed by atoms with van der Waals surface area (Å²) in [6.45, 7) is 5.81. The quantitative estimate of drug-likeness (QED) is 0.0483. The number of nitrogens with zero attached hydrogens (tertiary/aromatic N) is 1. The van der Waals surface area contributed by atoms with Gasteiger partial charge in [0.05, 0.1) is 0 Å². The fourth-order valence-corrected chi connectivity index (χ4v) is 6.49. The predicted octanol–water partition coefficient (Wildman–Crippen LogP) is 15.5. The van der Waals surface area contributed by atoms with Crippen LogP contribution in [0.3, 0.4) is 0 Å². The summed E-state index contributed by atoms with van der Waals surface area (Å²) >= 11 is 0. The molecule has 0 spiro atoms. The summed E-state index contributed by atoms with van der Waals surface area (Å²) in [6, 6.07) is 0. The molecule has 270 valence electrons. The van der Waals surface area contributed by atoms with Crippen LogP contribution >= 0.6 is 0 Å². The third kappa shape index (κ3) is 39.1. The van der Waals surface area contributed by atoms with E-state index in [0.29, 0.717) is 0 Å². The molecule has 0 saturated heterocycles. The molecule has 1 nitrogen and oxygen atoms in total. The van der Waals surface area contributed by atoms with Crippen LogP contribution in [-0.4, -0.2) is 25.5 Å². The van der Waals surface area contributed by atoms with Gasteiger partial charge in [-0.25, -0.2) is 0 Å². The Morgan fingerprint density at radius 1 is 0.348 bits per heavy atom. The Bertz CT molecular complexity index is 668. The minimum absolute atomic E-state index is 0.989. The summed E-state index contributed by atoms with van der Waals surface area (Å²) in [7, 11) is 4.42. The summed E-state index contributed by atoms with van der Waals surface area (Å²) in [6.07, 6.45) is 61.8. The molecule has 0 aliphatic rings. The van der Waals surface area contributed by atoms with Crippen molar-refractivity contribution < 1.29 is 0 Å². The second kappa shape index (κ2) is 40.1. The summed E-state index contributed by atoms with van der Waals surface area (Å²) < 4.78 is 0. The van der Waals surface area contributed by atoms with E-state index in [-0.39, 0.29) is 0 Å². The van der Waals surface area contributed by atoms with Gasteiger partial charge in [-0.3, -0.25) is 0 Å². The number of hydrogen-bond donors (Lipinski definition) is 0. The SMILES string of the molecule is CCCCC/C=C\C/C=C\CCCCCCCCCC(CCCCCCCC/C=C\C/C=C\CCCCC)CCCCCN(C)C. The normalized spacial score (nSPS) is 13.2. The van der Waals surface area contributed by atoms with Crippen LogP contribution < -0.4 is 0 Å². The molecule has 1 unspecified atom stereocenters. The van der Waals surface area contributed by atoms with E-state index in [1.54, 1.807) is 0 Å². The minimum Gasteiger partial charge on any atom is -0.309 e. The molecular formula is C45H85N. The Morgan fingerprint density at radius 3 is 1.00 bits per heavy atom. The van der Waals surface area contributed by atoms with Crippen molar-refractivity contribution >= 4 is 0 Å². The van der Waals surface area contributed by atoms with Crippen molar-refractivity contribution in [2.45, 2.75) is 213 Å². The molecule has 0 aliphatic heterocycles. The minimum atomic E-state index is 0.989. The molecule has 0 saturated carbocycles. The van der Waals surface area contributed by atoms with E-state index in [2.05, 4.69) is 81.5 Å². The highest BCUT2D eigenvalue weighted by atomic mass is 15.0. The highest BCUT2D eigenvalue weighted by molar-refractivity contribution is 4.93. The van der Waals surface area contributed by atoms with Crippen LogP contribution in [0.2, 0.25) is 0 Å².